The first-order valence-electron chi connectivity index (χ1n) is 4.72. The zero-order valence-electron chi connectivity index (χ0n) is 8.29. The van der Waals surface area contributed by atoms with E-state index < -0.39 is 5.60 Å². The van der Waals surface area contributed by atoms with Gasteiger partial charge in [-0.25, -0.2) is 0 Å². The summed E-state index contributed by atoms with van der Waals surface area (Å²) in [6, 6.07) is -0.0946. The fourth-order valence-corrected chi connectivity index (χ4v) is 1.47. The van der Waals surface area contributed by atoms with Crippen LogP contribution >= 0.6 is 0 Å². The number of aliphatic hydroxyl groups is 1. The van der Waals surface area contributed by atoms with Crippen LogP contribution in [0.4, 0.5) is 0 Å². The van der Waals surface area contributed by atoms with Crippen molar-refractivity contribution in [3.63, 3.8) is 0 Å². The number of nitrogens with two attached hydrogens (primary N) is 1. The molecule has 1 unspecified atom stereocenters. The summed E-state index contributed by atoms with van der Waals surface area (Å²) in [6.07, 6.45) is 1.08. The molecule has 0 aromatic heterocycles. The fraction of sp³-hybridized carbons (Fsp3) is 0.889. The molecule has 3 N–H and O–H groups in total. The lowest BCUT2D eigenvalue weighted by Crippen LogP contribution is -2.63. The summed E-state index contributed by atoms with van der Waals surface area (Å²) in [6.45, 7) is 4.67. The van der Waals surface area contributed by atoms with E-state index in [-0.39, 0.29) is 11.9 Å². The van der Waals surface area contributed by atoms with E-state index in [4.69, 9.17) is 5.73 Å². The maximum Gasteiger partial charge on any atom is 0.224 e. The van der Waals surface area contributed by atoms with E-state index in [1.165, 1.54) is 0 Å². The average Bonchev–Trinajstić information content (AvgIpc) is 1.97. The zero-order valence-corrected chi connectivity index (χ0v) is 8.29. The van der Waals surface area contributed by atoms with Crippen LogP contribution in [0, 0.1) is 0 Å². The highest BCUT2D eigenvalue weighted by Crippen LogP contribution is 2.24. The molecule has 1 aliphatic rings. The molecule has 1 amide bonds. The monoisotopic (exact) mass is 186 g/mol. The lowest BCUT2D eigenvalue weighted by atomic mass is 9.91. The maximum atomic E-state index is 11.4. The Bertz CT molecular complexity index is 198. The molecule has 1 atom stereocenters. The SMILES string of the molecule is CCC1(O)CN(C(=O)CC(C)N)C1. The minimum absolute atomic E-state index is 0.0492. The molecule has 4 heteroatoms. The minimum atomic E-state index is -0.631. The molecule has 0 radical (unpaired) electrons. The van der Waals surface area contributed by atoms with Crippen LogP contribution in [0.25, 0.3) is 0 Å². The highest BCUT2D eigenvalue weighted by molar-refractivity contribution is 5.78. The van der Waals surface area contributed by atoms with Crippen molar-refractivity contribution in [1.82, 2.24) is 4.90 Å². The molecule has 1 saturated heterocycles. The number of hydrogen-bond acceptors (Lipinski definition) is 3. The van der Waals surface area contributed by atoms with Crippen LogP contribution in [0.5, 0.6) is 0 Å². The summed E-state index contributed by atoms with van der Waals surface area (Å²) in [7, 11) is 0. The van der Waals surface area contributed by atoms with Crippen molar-refractivity contribution >= 4 is 5.91 Å². The van der Waals surface area contributed by atoms with Crippen LogP contribution < -0.4 is 5.73 Å². The number of carbonyl (C=O) groups is 1. The van der Waals surface area contributed by atoms with Crippen molar-refractivity contribution in [1.29, 1.82) is 0 Å². The summed E-state index contributed by atoms with van der Waals surface area (Å²) < 4.78 is 0. The van der Waals surface area contributed by atoms with Gasteiger partial charge in [0.25, 0.3) is 0 Å². The molecule has 1 aliphatic heterocycles. The van der Waals surface area contributed by atoms with Crippen LogP contribution in [-0.4, -0.2) is 40.6 Å². The third-order valence-electron chi connectivity index (χ3n) is 2.48. The lowest BCUT2D eigenvalue weighted by Gasteiger charge is -2.46. The van der Waals surface area contributed by atoms with E-state index in [1.807, 2.05) is 13.8 Å². The van der Waals surface area contributed by atoms with Crippen molar-refractivity contribution in [2.45, 2.75) is 38.3 Å². The van der Waals surface area contributed by atoms with Gasteiger partial charge in [-0.2, -0.15) is 0 Å². The Hall–Kier alpha value is -0.610. The minimum Gasteiger partial charge on any atom is -0.386 e. The number of likely N-dealkylation sites (tertiary alicyclic amines) is 1. The molecule has 0 aromatic carbocycles. The van der Waals surface area contributed by atoms with Gasteiger partial charge in [0.1, 0.15) is 0 Å². The van der Waals surface area contributed by atoms with E-state index in [2.05, 4.69) is 0 Å². The molecule has 1 heterocycles. The first kappa shape index (κ1) is 10.5. The second-order valence-corrected chi connectivity index (χ2v) is 4.01. The zero-order chi connectivity index (χ0) is 10.1. The van der Waals surface area contributed by atoms with Crippen LogP contribution in [0.15, 0.2) is 0 Å². The highest BCUT2D eigenvalue weighted by atomic mass is 16.3. The summed E-state index contributed by atoms with van der Waals surface area (Å²) in [4.78, 5) is 13.0. The average molecular weight is 186 g/mol. The standard InChI is InChI=1S/C9H18N2O2/c1-3-9(13)5-11(6-9)8(12)4-7(2)10/h7,13H,3-6,10H2,1-2H3. The third-order valence-corrected chi connectivity index (χ3v) is 2.48. The molecule has 1 rings (SSSR count). The fourth-order valence-electron chi connectivity index (χ4n) is 1.47. The topological polar surface area (TPSA) is 66.6 Å². The van der Waals surface area contributed by atoms with Gasteiger partial charge < -0.3 is 15.7 Å². The predicted octanol–water partition coefficient (Wildman–Crippen LogP) is -0.293. The quantitative estimate of drug-likeness (QED) is 0.636. The molecule has 0 saturated carbocycles. The largest absolute Gasteiger partial charge is 0.386 e. The van der Waals surface area contributed by atoms with Crippen LogP contribution in [0.3, 0.4) is 0 Å². The van der Waals surface area contributed by atoms with Gasteiger partial charge in [-0.3, -0.25) is 4.79 Å². The van der Waals surface area contributed by atoms with Crippen molar-refractivity contribution < 1.29 is 9.90 Å². The molecule has 0 spiro atoms. The van der Waals surface area contributed by atoms with E-state index in [1.54, 1.807) is 4.90 Å². The van der Waals surface area contributed by atoms with Gasteiger partial charge >= 0.3 is 0 Å². The van der Waals surface area contributed by atoms with Gasteiger partial charge in [-0.1, -0.05) is 6.92 Å². The van der Waals surface area contributed by atoms with Crippen LogP contribution in [0.2, 0.25) is 0 Å². The molecule has 1 fully saturated rings. The van der Waals surface area contributed by atoms with Crippen molar-refractivity contribution in [2.75, 3.05) is 13.1 Å². The third kappa shape index (κ3) is 2.42. The molecule has 4 nitrogen and oxygen atoms in total. The van der Waals surface area contributed by atoms with E-state index in [0.29, 0.717) is 25.9 Å². The van der Waals surface area contributed by atoms with Gasteiger partial charge in [0.05, 0.1) is 18.7 Å². The van der Waals surface area contributed by atoms with E-state index in [0.717, 1.165) is 0 Å². The molecular weight excluding hydrogens is 168 g/mol. The molecule has 0 aliphatic carbocycles. The Labute approximate surface area is 78.7 Å². The molecule has 13 heavy (non-hydrogen) atoms. The van der Waals surface area contributed by atoms with Crippen molar-refractivity contribution in [3.8, 4) is 0 Å². The number of carbonyl (C=O) groups excluding carboxylic acids is 1. The number of nitrogens with zero attached hydrogens (tertiary/aromatic N) is 1. The van der Waals surface area contributed by atoms with E-state index >= 15 is 0 Å². The Morgan fingerprint density at radius 1 is 1.69 bits per heavy atom. The van der Waals surface area contributed by atoms with Crippen molar-refractivity contribution in [3.05, 3.63) is 0 Å². The van der Waals surface area contributed by atoms with Crippen molar-refractivity contribution in [2.24, 2.45) is 5.73 Å². The Morgan fingerprint density at radius 2 is 2.23 bits per heavy atom. The Kier molecular flexibility index (Phi) is 2.93. The summed E-state index contributed by atoms with van der Waals surface area (Å²) in [5.74, 6) is 0.0492. The number of β-amino-alcohol motifs (C(OH)–C–C–N with tert-alkyl or cyclic N) is 1. The van der Waals surface area contributed by atoms with Crippen LogP contribution in [0.1, 0.15) is 26.7 Å². The molecule has 0 bridgehead atoms. The van der Waals surface area contributed by atoms with Gasteiger partial charge in [-0.15, -0.1) is 0 Å². The number of hydrogen-bond donors (Lipinski definition) is 2. The Morgan fingerprint density at radius 3 is 2.62 bits per heavy atom. The first-order chi connectivity index (χ1) is 5.97. The van der Waals surface area contributed by atoms with Gasteiger partial charge in [0.2, 0.25) is 5.91 Å². The number of rotatable bonds is 3. The molecular formula is C9H18N2O2. The number of amides is 1. The molecule has 76 valence electrons. The maximum absolute atomic E-state index is 11.4. The highest BCUT2D eigenvalue weighted by Gasteiger charge is 2.41. The summed E-state index contributed by atoms with van der Waals surface area (Å²) in [5, 5.41) is 9.65. The Balaban J connectivity index is 2.31. The second-order valence-electron chi connectivity index (χ2n) is 4.01. The first-order valence-corrected chi connectivity index (χ1v) is 4.72. The lowest BCUT2D eigenvalue weighted by molar-refractivity contribution is -0.155. The van der Waals surface area contributed by atoms with Gasteiger partial charge in [0.15, 0.2) is 0 Å². The van der Waals surface area contributed by atoms with E-state index in [9.17, 15) is 9.90 Å². The normalized spacial score (nSPS) is 22.3. The van der Waals surface area contributed by atoms with Crippen LogP contribution in [-0.2, 0) is 4.79 Å². The molecule has 0 aromatic rings. The summed E-state index contributed by atoms with van der Waals surface area (Å²) >= 11 is 0. The second kappa shape index (κ2) is 3.64. The summed E-state index contributed by atoms with van der Waals surface area (Å²) in [5.41, 5.74) is 4.87. The predicted molar refractivity (Wildman–Crippen MR) is 50.1 cm³/mol. The van der Waals surface area contributed by atoms with Gasteiger partial charge in [0, 0.05) is 12.5 Å². The smallest absolute Gasteiger partial charge is 0.224 e. The van der Waals surface area contributed by atoms with Gasteiger partial charge in [-0.05, 0) is 13.3 Å².